The Bertz CT molecular complexity index is 1400. The highest BCUT2D eigenvalue weighted by Gasteiger charge is 2.29. The third kappa shape index (κ3) is 6.32. The molecule has 2 amide bonds. The lowest BCUT2D eigenvalue weighted by atomic mass is 10.0. The Morgan fingerprint density at radius 3 is 2.62 bits per heavy atom. The van der Waals surface area contributed by atoms with Crippen LogP contribution in [0.15, 0.2) is 36.7 Å². The quantitative estimate of drug-likeness (QED) is 0.339. The van der Waals surface area contributed by atoms with E-state index in [9.17, 15) is 24.2 Å². The second kappa shape index (κ2) is 11.3. The van der Waals surface area contributed by atoms with E-state index in [1.54, 1.807) is 21.5 Å². The number of nitriles is 1. The Hall–Kier alpha value is -4.08. The number of aromatic nitrogens is 3. The molecule has 1 aliphatic heterocycles. The van der Waals surface area contributed by atoms with Crippen molar-refractivity contribution in [3.05, 3.63) is 47.8 Å². The molecule has 12 heteroatoms. The number of halogens is 1. The average Bonchev–Trinajstić information content (AvgIpc) is 3.34. The molecule has 4 rings (SSSR count). The van der Waals surface area contributed by atoms with Crippen molar-refractivity contribution < 1.29 is 24.2 Å². The third-order valence-electron chi connectivity index (χ3n) is 6.77. The van der Waals surface area contributed by atoms with Gasteiger partial charge in [-0.05, 0) is 57.9 Å². The van der Waals surface area contributed by atoms with Gasteiger partial charge < -0.3 is 25.7 Å². The predicted molar refractivity (Wildman–Crippen MR) is 142 cm³/mol. The van der Waals surface area contributed by atoms with Crippen molar-refractivity contribution in [1.29, 1.82) is 5.26 Å². The number of amides is 2. The van der Waals surface area contributed by atoms with Crippen LogP contribution in [0.5, 0.6) is 0 Å². The van der Waals surface area contributed by atoms with Crippen LogP contribution in [0, 0.1) is 11.3 Å². The number of carbonyl (C=O) groups excluding carboxylic acids is 2. The molecular formula is C27H32FN7O4. The Morgan fingerprint density at radius 1 is 1.26 bits per heavy atom. The lowest BCUT2D eigenvalue weighted by molar-refractivity contribution is -0.140. The first-order valence-corrected chi connectivity index (χ1v) is 12.7. The molecule has 39 heavy (non-hydrogen) atoms. The molecule has 0 bridgehead atoms. The van der Waals surface area contributed by atoms with E-state index in [4.69, 9.17) is 5.26 Å². The number of pyridine rings is 1. The van der Waals surface area contributed by atoms with Crippen LogP contribution in [-0.4, -0.2) is 85.1 Å². The van der Waals surface area contributed by atoms with Crippen LogP contribution in [-0.2, 0) is 4.79 Å². The van der Waals surface area contributed by atoms with Gasteiger partial charge in [0.05, 0.1) is 52.1 Å². The molecule has 0 unspecified atom stereocenters. The van der Waals surface area contributed by atoms with Gasteiger partial charge in [0.1, 0.15) is 18.3 Å². The van der Waals surface area contributed by atoms with Crippen LogP contribution in [0.1, 0.15) is 49.5 Å². The predicted octanol–water partition coefficient (Wildman–Crippen LogP) is 1.89. The van der Waals surface area contributed by atoms with Crippen LogP contribution in [0.3, 0.4) is 0 Å². The lowest BCUT2D eigenvalue weighted by Gasteiger charge is -2.34. The molecule has 11 nitrogen and oxygen atoms in total. The van der Waals surface area contributed by atoms with Crippen molar-refractivity contribution in [2.45, 2.75) is 57.5 Å². The van der Waals surface area contributed by atoms with Gasteiger partial charge in [-0.3, -0.25) is 14.6 Å². The van der Waals surface area contributed by atoms with E-state index < -0.39 is 23.8 Å². The highest BCUT2D eigenvalue weighted by atomic mass is 19.1. The lowest BCUT2D eigenvalue weighted by Crippen LogP contribution is -2.46. The molecule has 206 valence electrons. The summed E-state index contributed by atoms with van der Waals surface area (Å²) >= 11 is 0. The van der Waals surface area contributed by atoms with Gasteiger partial charge in [0, 0.05) is 25.3 Å². The fourth-order valence-electron chi connectivity index (χ4n) is 4.41. The number of fused-ring (bicyclic) bond motifs is 1. The molecule has 3 aromatic heterocycles. The molecule has 0 saturated carbocycles. The van der Waals surface area contributed by atoms with E-state index >= 15 is 0 Å². The second-order valence-electron chi connectivity index (χ2n) is 10.3. The number of likely N-dealkylation sites (tertiary alicyclic amines) is 1. The van der Waals surface area contributed by atoms with Crippen molar-refractivity contribution in [3.8, 4) is 17.5 Å². The number of anilines is 1. The largest absolute Gasteiger partial charge is 0.387 e. The van der Waals surface area contributed by atoms with Crippen LogP contribution in [0.25, 0.3) is 16.9 Å². The molecule has 3 aromatic rings. The topological polar surface area (TPSA) is 156 Å². The summed E-state index contributed by atoms with van der Waals surface area (Å²) in [6.45, 7) is 4.62. The van der Waals surface area contributed by atoms with Crippen molar-refractivity contribution in [1.82, 2.24) is 24.8 Å². The molecular weight excluding hydrogens is 505 g/mol. The summed E-state index contributed by atoms with van der Waals surface area (Å²) in [5.74, 6) is -0.874. The minimum atomic E-state index is -1.67. The Morgan fingerprint density at radius 2 is 1.97 bits per heavy atom. The normalized spacial score (nSPS) is 16.0. The van der Waals surface area contributed by atoms with Gasteiger partial charge in [0.25, 0.3) is 11.8 Å². The van der Waals surface area contributed by atoms with E-state index in [2.05, 4.69) is 26.8 Å². The fourth-order valence-corrected chi connectivity index (χ4v) is 4.41. The molecule has 4 N–H and O–H groups in total. The number of piperidine rings is 1. The fraction of sp³-hybridized carbons (Fsp3) is 0.444. The summed E-state index contributed by atoms with van der Waals surface area (Å²) in [4.78, 5) is 31.3. The number of rotatable bonds is 8. The van der Waals surface area contributed by atoms with Crippen molar-refractivity contribution in [2.75, 3.05) is 25.0 Å². The number of nitrogens with zero attached hydrogens (tertiary/aromatic N) is 5. The first-order chi connectivity index (χ1) is 18.5. The van der Waals surface area contributed by atoms with Gasteiger partial charge in [-0.1, -0.05) is 0 Å². The zero-order valence-corrected chi connectivity index (χ0v) is 22.1. The van der Waals surface area contributed by atoms with E-state index in [-0.39, 0.29) is 24.1 Å². The van der Waals surface area contributed by atoms with Crippen molar-refractivity contribution in [3.63, 3.8) is 0 Å². The number of hydrogen-bond donors (Lipinski definition) is 4. The Labute approximate surface area is 225 Å². The Balaban J connectivity index is 1.61. The van der Waals surface area contributed by atoms with Crippen molar-refractivity contribution in [2.24, 2.45) is 0 Å². The summed E-state index contributed by atoms with van der Waals surface area (Å²) in [6, 6.07) is 9.03. The molecule has 0 spiro atoms. The zero-order chi connectivity index (χ0) is 28.3. The van der Waals surface area contributed by atoms with Crippen LogP contribution in [0.4, 0.5) is 10.1 Å². The number of carbonyl (C=O) groups is 2. The maximum Gasteiger partial charge on any atom is 0.255 e. The first-order valence-electron chi connectivity index (χ1n) is 12.7. The number of nitrogens with one attached hydrogen (secondary N) is 2. The van der Waals surface area contributed by atoms with Gasteiger partial charge in [-0.15, -0.1) is 0 Å². The highest BCUT2D eigenvalue weighted by Crippen LogP contribution is 2.27. The summed E-state index contributed by atoms with van der Waals surface area (Å²) in [6.07, 6.45) is 1.31. The third-order valence-corrected chi connectivity index (χ3v) is 6.77. The molecule has 2 atom stereocenters. The minimum absolute atomic E-state index is 0.0736. The van der Waals surface area contributed by atoms with E-state index in [0.717, 1.165) is 0 Å². The number of aliphatic hydroxyl groups is 2. The van der Waals surface area contributed by atoms with Gasteiger partial charge >= 0.3 is 0 Å². The number of aliphatic hydroxyl groups excluding tert-OH is 1. The van der Waals surface area contributed by atoms with Gasteiger partial charge in [-0.25, -0.2) is 8.91 Å². The molecule has 0 aromatic carbocycles. The maximum atomic E-state index is 14.3. The Kier molecular flexibility index (Phi) is 8.13. The van der Waals surface area contributed by atoms with E-state index in [1.165, 1.54) is 33.2 Å². The monoisotopic (exact) mass is 537 g/mol. The first kappa shape index (κ1) is 27.9. The molecule has 1 aliphatic rings. The van der Waals surface area contributed by atoms with Crippen LogP contribution >= 0.6 is 0 Å². The van der Waals surface area contributed by atoms with Gasteiger partial charge in [0.2, 0.25) is 0 Å². The summed E-state index contributed by atoms with van der Waals surface area (Å²) in [5, 5.41) is 38.9. The standard InChI is InChI=1S/C27H32FN7O4/c1-16(36)26(38)34-8-6-18(7-9-34)33-21-11-22(23-5-4-19-10-17(12-29)13-32-35(19)23)30-14-20(21)25(37)31-15-24(28)27(2,3)39/h4-5,10-11,13-14,16,18,24,36,39H,6-9,15H2,1-3H3,(H,30,33)(H,31,37)/t16-,24-/m1/s1. The summed E-state index contributed by atoms with van der Waals surface area (Å²) in [5.41, 5.74) is 1.36. The minimum Gasteiger partial charge on any atom is -0.387 e. The van der Waals surface area contributed by atoms with Crippen LogP contribution < -0.4 is 10.6 Å². The van der Waals surface area contributed by atoms with Crippen molar-refractivity contribution >= 4 is 23.0 Å². The average molecular weight is 538 g/mol. The number of hydrogen-bond acceptors (Lipinski definition) is 8. The second-order valence-corrected chi connectivity index (χ2v) is 10.3. The smallest absolute Gasteiger partial charge is 0.255 e. The molecule has 0 radical (unpaired) electrons. The molecule has 1 fully saturated rings. The van der Waals surface area contributed by atoms with E-state index in [0.29, 0.717) is 54.1 Å². The molecule has 0 aliphatic carbocycles. The van der Waals surface area contributed by atoms with Crippen LogP contribution in [0.2, 0.25) is 0 Å². The van der Waals surface area contributed by atoms with Gasteiger partial charge in [0.15, 0.2) is 0 Å². The maximum absolute atomic E-state index is 14.3. The molecule has 1 saturated heterocycles. The highest BCUT2D eigenvalue weighted by molar-refractivity contribution is 6.00. The summed E-state index contributed by atoms with van der Waals surface area (Å²) < 4.78 is 15.9. The number of alkyl halides is 1. The van der Waals surface area contributed by atoms with Gasteiger partial charge in [-0.2, -0.15) is 10.4 Å². The summed E-state index contributed by atoms with van der Waals surface area (Å²) in [7, 11) is 0. The SMILES string of the molecule is C[C@@H](O)C(=O)N1CCC(Nc2cc(-c3ccc4cc(C#N)cnn34)ncc2C(=O)NC[C@@H](F)C(C)(C)O)CC1. The molecule has 4 heterocycles. The zero-order valence-electron chi connectivity index (χ0n) is 22.1. The van der Waals surface area contributed by atoms with E-state index in [1.807, 2.05) is 12.1 Å².